The number of aryl methyl sites for hydroxylation is 1. The first kappa shape index (κ1) is 14.0. The van der Waals surface area contributed by atoms with Crippen LogP contribution in [-0.4, -0.2) is 20.0 Å². The highest BCUT2D eigenvalue weighted by molar-refractivity contribution is 7.13. The van der Waals surface area contributed by atoms with Crippen molar-refractivity contribution in [1.82, 2.24) is 25.3 Å². The summed E-state index contributed by atoms with van der Waals surface area (Å²) in [5, 5.41) is 17.5. The van der Waals surface area contributed by atoms with Gasteiger partial charge in [0.2, 0.25) is 0 Å². The van der Waals surface area contributed by atoms with E-state index in [2.05, 4.69) is 58.0 Å². The van der Waals surface area contributed by atoms with Crippen molar-refractivity contribution < 1.29 is 0 Å². The number of nitrogens with one attached hydrogen (secondary N) is 2. The molecule has 3 aromatic heterocycles. The number of nitrogens with zero attached hydrogens (tertiary/aromatic N) is 3. The van der Waals surface area contributed by atoms with Gasteiger partial charge in [-0.05, 0) is 37.4 Å². The third-order valence-corrected chi connectivity index (χ3v) is 4.32. The molecule has 0 spiro atoms. The fraction of sp³-hybridized carbons (Fsp3) is 0.333. The molecule has 0 bridgehead atoms. The second-order valence-corrected chi connectivity index (χ2v) is 5.90. The lowest BCUT2D eigenvalue weighted by atomic mass is 10.2. The Hall–Kier alpha value is -1.92. The zero-order valence-corrected chi connectivity index (χ0v) is 13.0. The number of hydrogen-bond donors (Lipinski definition) is 2. The first-order chi connectivity index (χ1) is 10.3. The lowest BCUT2D eigenvalue weighted by Gasteiger charge is -2.10. The van der Waals surface area contributed by atoms with E-state index >= 15 is 0 Å². The largest absolute Gasteiger partial charge is 0.303 e. The number of rotatable bonds is 6. The summed E-state index contributed by atoms with van der Waals surface area (Å²) in [7, 11) is 0. The number of H-pyrrole nitrogens is 1. The van der Waals surface area contributed by atoms with Gasteiger partial charge in [0.25, 0.3) is 0 Å². The molecule has 2 N–H and O–H groups in total. The van der Waals surface area contributed by atoms with Gasteiger partial charge in [-0.2, -0.15) is 10.2 Å². The molecular weight excluding hydrogens is 282 g/mol. The van der Waals surface area contributed by atoms with E-state index in [4.69, 9.17) is 0 Å². The summed E-state index contributed by atoms with van der Waals surface area (Å²) in [5.74, 6) is 0. The van der Waals surface area contributed by atoms with Crippen molar-refractivity contribution in [3.05, 3.63) is 47.2 Å². The molecule has 5 nitrogen and oxygen atoms in total. The molecule has 0 aromatic carbocycles. The van der Waals surface area contributed by atoms with Gasteiger partial charge in [0.15, 0.2) is 0 Å². The van der Waals surface area contributed by atoms with Crippen LogP contribution >= 0.6 is 11.3 Å². The Morgan fingerprint density at radius 2 is 2.33 bits per heavy atom. The monoisotopic (exact) mass is 301 g/mol. The van der Waals surface area contributed by atoms with Gasteiger partial charge in [0.05, 0.1) is 10.6 Å². The normalized spacial score (nSPS) is 12.7. The van der Waals surface area contributed by atoms with Crippen LogP contribution in [0.5, 0.6) is 0 Å². The molecule has 1 unspecified atom stereocenters. The fourth-order valence-electron chi connectivity index (χ4n) is 2.15. The third kappa shape index (κ3) is 3.22. The summed E-state index contributed by atoms with van der Waals surface area (Å²) >= 11 is 1.70. The maximum absolute atomic E-state index is 4.52. The highest BCUT2D eigenvalue weighted by Gasteiger charge is 2.10. The topological polar surface area (TPSA) is 58.5 Å². The fourth-order valence-corrected chi connectivity index (χ4v) is 2.84. The summed E-state index contributed by atoms with van der Waals surface area (Å²) in [4.78, 5) is 1.19. The molecule has 0 aliphatic heterocycles. The Morgan fingerprint density at radius 1 is 1.43 bits per heavy atom. The second-order valence-electron chi connectivity index (χ2n) is 4.95. The van der Waals surface area contributed by atoms with Gasteiger partial charge in [-0.25, -0.2) is 0 Å². The standard InChI is InChI=1S/C15H19N5S/c1-3-20-7-6-13(19-20)11(2)16-10-12-9-14(18-17-12)15-5-4-8-21-15/h4-9,11,16H,3,10H2,1-2H3,(H,17,18). The Bertz CT molecular complexity index is 683. The van der Waals surface area contributed by atoms with Crippen LogP contribution in [-0.2, 0) is 13.1 Å². The average Bonchev–Trinajstić information content (AvgIpc) is 3.24. The predicted molar refractivity (Wildman–Crippen MR) is 85.1 cm³/mol. The maximum Gasteiger partial charge on any atom is 0.102 e. The van der Waals surface area contributed by atoms with Crippen molar-refractivity contribution in [3.63, 3.8) is 0 Å². The van der Waals surface area contributed by atoms with Crippen LogP contribution in [0, 0.1) is 0 Å². The van der Waals surface area contributed by atoms with Crippen molar-refractivity contribution in [2.24, 2.45) is 0 Å². The second kappa shape index (κ2) is 6.24. The highest BCUT2D eigenvalue weighted by atomic mass is 32.1. The van der Waals surface area contributed by atoms with Gasteiger partial charge in [-0.1, -0.05) is 6.07 Å². The number of aromatic nitrogens is 4. The molecule has 0 saturated heterocycles. The number of aromatic amines is 1. The molecule has 1 atom stereocenters. The minimum atomic E-state index is 0.214. The maximum atomic E-state index is 4.52. The van der Waals surface area contributed by atoms with Gasteiger partial charge < -0.3 is 5.32 Å². The SMILES string of the molecule is CCn1ccc(C(C)NCc2cc(-c3cccs3)n[nH]2)n1. The van der Waals surface area contributed by atoms with Crippen LogP contribution in [0.15, 0.2) is 35.8 Å². The van der Waals surface area contributed by atoms with Crippen LogP contribution in [0.2, 0.25) is 0 Å². The minimum Gasteiger partial charge on any atom is -0.303 e. The zero-order chi connectivity index (χ0) is 14.7. The molecule has 0 fully saturated rings. The lowest BCUT2D eigenvalue weighted by molar-refractivity contribution is 0.537. The van der Waals surface area contributed by atoms with E-state index in [0.717, 1.165) is 30.2 Å². The zero-order valence-electron chi connectivity index (χ0n) is 12.2. The third-order valence-electron chi connectivity index (χ3n) is 3.43. The molecule has 0 saturated carbocycles. The Balaban J connectivity index is 1.60. The van der Waals surface area contributed by atoms with E-state index in [1.807, 2.05) is 16.9 Å². The molecule has 110 valence electrons. The predicted octanol–water partition coefficient (Wildman–Crippen LogP) is 3.21. The van der Waals surface area contributed by atoms with E-state index in [-0.39, 0.29) is 6.04 Å². The smallest absolute Gasteiger partial charge is 0.102 e. The van der Waals surface area contributed by atoms with Crippen molar-refractivity contribution in [1.29, 1.82) is 0 Å². The molecule has 0 aliphatic rings. The summed E-state index contributed by atoms with van der Waals surface area (Å²) < 4.78 is 1.94. The van der Waals surface area contributed by atoms with Crippen molar-refractivity contribution in [3.8, 4) is 10.6 Å². The van der Waals surface area contributed by atoms with Crippen LogP contribution in [0.25, 0.3) is 10.6 Å². The van der Waals surface area contributed by atoms with Crippen molar-refractivity contribution in [2.45, 2.75) is 33.0 Å². The van der Waals surface area contributed by atoms with E-state index < -0.39 is 0 Å². The molecular formula is C15H19N5S. The Morgan fingerprint density at radius 3 is 3.05 bits per heavy atom. The first-order valence-corrected chi connectivity index (χ1v) is 7.99. The molecule has 6 heteroatoms. The first-order valence-electron chi connectivity index (χ1n) is 7.11. The molecule has 3 heterocycles. The Kier molecular flexibility index (Phi) is 4.17. The number of thiophene rings is 1. The van der Waals surface area contributed by atoms with Crippen LogP contribution in [0.4, 0.5) is 0 Å². The summed E-state index contributed by atoms with van der Waals surface area (Å²) in [6.07, 6.45) is 2.01. The van der Waals surface area contributed by atoms with Crippen LogP contribution in [0.3, 0.4) is 0 Å². The molecule has 21 heavy (non-hydrogen) atoms. The molecule has 0 amide bonds. The number of hydrogen-bond acceptors (Lipinski definition) is 4. The lowest BCUT2D eigenvalue weighted by Crippen LogP contribution is -2.19. The average molecular weight is 301 g/mol. The van der Waals surface area contributed by atoms with Crippen LogP contribution < -0.4 is 5.32 Å². The van der Waals surface area contributed by atoms with Gasteiger partial charge >= 0.3 is 0 Å². The molecule has 3 rings (SSSR count). The minimum absolute atomic E-state index is 0.214. The van der Waals surface area contributed by atoms with E-state index in [1.54, 1.807) is 11.3 Å². The van der Waals surface area contributed by atoms with Crippen molar-refractivity contribution in [2.75, 3.05) is 0 Å². The van der Waals surface area contributed by atoms with Gasteiger partial charge in [-0.3, -0.25) is 9.78 Å². The van der Waals surface area contributed by atoms with Gasteiger partial charge in [0.1, 0.15) is 5.69 Å². The molecule has 0 aliphatic carbocycles. The molecule has 3 aromatic rings. The summed E-state index contributed by atoms with van der Waals surface area (Å²) in [5.41, 5.74) is 3.15. The van der Waals surface area contributed by atoms with E-state index in [1.165, 1.54) is 4.88 Å². The summed E-state index contributed by atoms with van der Waals surface area (Å²) in [6, 6.07) is 8.49. The molecule has 0 radical (unpaired) electrons. The van der Waals surface area contributed by atoms with E-state index in [0.29, 0.717) is 0 Å². The van der Waals surface area contributed by atoms with Gasteiger partial charge in [-0.15, -0.1) is 11.3 Å². The highest BCUT2D eigenvalue weighted by Crippen LogP contribution is 2.23. The quantitative estimate of drug-likeness (QED) is 0.735. The van der Waals surface area contributed by atoms with Crippen molar-refractivity contribution >= 4 is 11.3 Å². The Labute approximate surface area is 128 Å². The van der Waals surface area contributed by atoms with Crippen LogP contribution in [0.1, 0.15) is 31.3 Å². The van der Waals surface area contributed by atoms with E-state index in [9.17, 15) is 0 Å². The van der Waals surface area contributed by atoms with Gasteiger partial charge in [0, 0.05) is 31.0 Å². The summed E-state index contributed by atoms with van der Waals surface area (Å²) in [6.45, 7) is 5.86.